The van der Waals surface area contributed by atoms with Crippen LogP contribution in [0.2, 0.25) is 5.02 Å². The van der Waals surface area contributed by atoms with Crippen molar-refractivity contribution in [1.29, 1.82) is 0 Å². The Bertz CT molecular complexity index is 1490. The van der Waals surface area contributed by atoms with E-state index < -0.39 is 9.84 Å². The first-order valence-electron chi connectivity index (χ1n) is 10.5. The van der Waals surface area contributed by atoms with Gasteiger partial charge in [0.05, 0.1) is 10.6 Å². The first-order chi connectivity index (χ1) is 16.1. The Morgan fingerprint density at radius 2 is 1.53 bits per heavy atom. The molecule has 0 amide bonds. The van der Waals surface area contributed by atoms with Crippen LogP contribution in [-0.2, 0) is 9.84 Å². The molecule has 8 heteroatoms. The number of nitrogen functional groups attached to an aromatic ring is 1. The summed E-state index contributed by atoms with van der Waals surface area (Å²) in [4.78, 5) is 13.4. The number of rotatable bonds is 6. The van der Waals surface area contributed by atoms with Gasteiger partial charge in [-0.05, 0) is 62.2 Å². The number of halogens is 1. The first-order valence-corrected chi connectivity index (χ1v) is 13.1. The van der Waals surface area contributed by atoms with Crippen LogP contribution in [0.15, 0.2) is 76.5 Å². The minimum absolute atomic E-state index is 0.0414. The third-order valence-corrected chi connectivity index (χ3v) is 8.81. The molecule has 34 heavy (non-hydrogen) atoms. The van der Waals surface area contributed by atoms with Gasteiger partial charge in [-0.2, -0.15) is 0 Å². The lowest BCUT2D eigenvalue weighted by Crippen LogP contribution is -2.08. The fraction of sp³-hybridized carbons (Fsp3) is 0.115. The smallest absolute Gasteiger partial charge is 0.211 e. The van der Waals surface area contributed by atoms with Crippen molar-refractivity contribution in [2.24, 2.45) is 0 Å². The summed E-state index contributed by atoms with van der Waals surface area (Å²) in [5, 5.41) is 3.93. The van der Waals surface area contributed by atoms with Crippen molar-refractivity contribution in [2.45, 2.75) is 30.6 Å². The van der Waals surface area contributed by atoms with E-state index >= 15 is 0 Å². The van der Waals surface area contributed by atoms with E-state index in [9.17, 15) is 13.2 Å². The van der Waals surface area contributed by atoms with Crippen LogP contribution in [0.3, 0.4) is 0 Å². The quantitative estimate of drug-likeness (QED) is 0.281. The highest BCUT2D eigenvalue weighted by molar-refractivity contribution is 7.92. The van der Waals surface area contributed by atoms with Crippen molar-refractivity contribution < 1.29 is 13.2 Å². The molecule has 3 N–H and O–H groups in total. The van der Waals surface area contributed by atoms with Gasteiger partial charge in [0, 0.05) is 16.3 Å². The maximum Gasteiger partial charge on any atom is 0.211 e. The van der Waals surface area contributed by atoms with E-state index in [1.165, 1.54) is 24.3 Å². The first kappa shape index (κ1) is 24.0. The average molecular weight is 511 g/mol. The SMILES string of the molecule is Cc1ccc(C(=O)c2sc(Nc3cc(C)ccc3C)c(S(=O)(=O)c3ccc(Cl)cc3)c2N)cc1. The zero-order chi connectivity index (χ0) is 24.6. The van der Waals surface area contributed by atoms with Gasteiger partial charge in [0.2, 0.25) is 15.6 Å². The molecule has 4 aromatic rings. The van der Waals surface area contributed by atoms with Gasteiger partial charge in [0.15, 0.2) is 0 Å². The monoisotopic (exact) mass is 510 g/mol. The number of hydrogen-bond donors (Lipinski definition) is 2. The second kappa shape index (κ2) is 9.25. The Balaban J connectivity index is 1.90. The fourth-order valence-electron chi connectivity index (χ4n) is 3.51. The van der Waals surface area contributed by atoms with Crippen LogP contribution in [0.5, 0.6) is 0 Å². The zero-order valence-corrected chi connectivity index (χ0v) is 21.2. The number of nitrogens with one attached hydrogen (secondary N) is 1. The van der Waals surface area contributed by atoms with Crippen molar-refractivity contribution in [3.8, 4) is 0 Å². The molecule has 3 aromatic carbocycles. The normalized spacial score (nSPS) is 11.4. The van der Waals surface area contributed by atoms with Gasteiger partial charge in [0.25, 0.3) is 0 Å². The van der Waals surface area contributed by atoms with Gasteiger partial charge in [-0.3, -0.25) is 4.79 Å². The third-order valence-electron chi connectivity index (χ3n) is 5.45. The average Bonchev–Trinajstić information content (AvgIpc) is 3.13. The molecular weight excluding hydrogens is 488 g/mol. The van der Waals surface area contributed by atoms with E-state index in [0.717, 1.165) is 33.7 Å². The lowest BCUT2D eigenvalue weighted by molar-refractivity contribution is 0.104. The number of sulfone groups is 1. The summed E-state index contributed by atoms with van der Waals surface area (Å²) in [6.45, 7) is 5.80. The summed E-state index contributed by atoms with van der Waals surface area (Å²) in [7, 11) is -4.05. The Hall–Kier alpha value is -3.13. The number of thiophene rings is 1. The molecule has 0 unspecified atom stereocenters. The third kappa shape index (κ3) is 4.59. The van der Waals surface area contributed by atoms with Crippen molar-refractivity contribution >= 4 is 54.9 Å². The summed E-state index contributed by atoms with van der Waals surface area (Å²) in [5.41, 5.74) is 10.4. The summed E-state index contributed by atoms with van der Waals surface area (Å²) in [6.07, 6.45) is 0. The van der Waals surface area contributed by atoms with E-state index in [1.54, 1.807) is 12.1 Å². The Labute approximate surface area is 208 Å². The van der Waals surface area contributed by atoms with Crippen LogP contribution in [0, 0.1) is 20.8 Å². The molecule has 1 heterocycles. The highest BCUT2D eigenvalue weighted by Crippen LogP contribution is 2.44. The molecule has 174 valence electrons. The Morgan fingerprint density at radius 1 is 0.912 bits per heavy atom. The predicted molar refractivity (Wildman–Crippen MR) is 139 cm³/mol. The molecular formula is C26H23ClN2O3S2. The van der Waals surface area contributed by atoms with Gasteiger partial charge in [0.1, 0.15) is 14.8 Å². The highest BCUT2D eigenvalue weighted by atomic mass is 35.5. The second-order valence-corrected chi connectivity index (χ2v) is 11.4. The minimum Gasteiger partial charge on any atom is -0.396 e. The van der Waals surface area contributed by atoms with E-state index in [4.69, 9.17) is 17.3 Å². The van der Waals surface area contributed by atoms with Crippen molar-refractivity contribution in [3.63, 3.8) is 0 Å². The van der Waals surface area contributed by atoms with Crippen molar-refractivity contribution in [2.75, 3.05) is 11.1 Å². The van der Waals surface area contributed by atoms with Crippen LogP contribution in [-0.4, -0.2) is 14.2 Å². The van der Waals surface area contributed by atoms with Crippen LogP contribution >= 0.6 is 22.9 Å². The Morgan fingerprint density at radius 3 is 2.18 bits per heavy atom. The van der Waals surface area contributed by atoms with Gasteiger partial charge in [-0.25, -0.2) is 8.42 Å². The molecule has 0 aliphatic heterocycles. The maximum absolute atomic E-state index is 13.7. The summed E-state index contributed by atoms with van der Waals surface area (Å²) < 4.78 is 27.4. The van der Waals surface area contributed by atoms with Crippen molar-refractivity contribution in [1.82, 2.24) is 0 Å². The molecule has 0 radical (unpaired) electrons. The molecule has 5 nitrogen and oxygen atoms in total. The largest absolute Gasteiger partial charge is 0.396 e. The van der Waals surface area contributed by atoms with Gasteiger partial charge in [-0.1, -0.05) is 53.6 Å². The molecule has 0 atom stereocenters. The lowest BCUT2D eigenvalue weighted by Gasteiger charge is -2.12. The molecule has 0 spiro atoms. The maximum atomic E-state index is 13.7. The van der Waals surface area contributed by atoms with Crippen LogP contribution in [0.25, 0.3) is 0 Å². The highest BCUT2D eigenvalue weighted by Gasteiger charge is 2.32. The predicted octanol–water partition coefficient (Wildman–Crippen LogP) is 6.72. The molecule has 0 fully saturated rings. The summed E-state index contributed by atoms with van der Waals surface area (Å²) in [6, 6.07) is 18.8. The number of ketones is 1. The van der Waals surface area contributed by atoms with Gasteiger partial charge in [-0.15, -0.1) is 11.3 Å². The standard InChI is InChI=1S/C26H23ClN2O3S2/c1-15-5-8-18(9-6-15)23(30)24-22(28)25(34(31,32)20-12-10-19(27)11-13-20)26(33-24)29-21-14-16(2)4-7-17(21)3/h4-14,29H,28H2,1-3H3. The van der Waals surface area contributed by atoms with Crippen molar-refractivity contribution in [3.05, 3.63) is 98.9 Å². The van der Waals surface area contributed by atoms with Crippen LogP contribution < -0.4 is 11.1 Å². The van der Waals surface area contributed by atoms with Crippen LogP contribution in [0.1, 0.15) is 31.9 Å². The summed E-state index contributed by atoms with van der Waals surface area (Å²) in [5.74, 6) is -0.330. The zero-order valence-electron chi connectivity index (χ0n) is 18.8. The Kier molecular flexibility index (Phi) is 6.53. The lowest BCUT2D eigenvalue weighted by atomic mass is 10.1. The fourth-order valence-corrected chi connectivity index (χ4v) is 6.56. The number of benzene rings is 3. The number of nitrogens with two attached hydrogens (primary N) is 1. The van der Waals surface area contributed by atoms with E-state index in [2.05, 4.69) is 5.32 Å². The number of aryl methyl sites for hydroxylation is 3. The number of carbonyl (C=O) groups is 1. The molecule has 0 saturated carbocycles. The van der Waals surface area contributed by atoms with Gasteiger partial charge < -0.3 is 11.1 Å². The molecule has 0 bridgehead atoms. The van der Waals surface area contributed by atoms with E-state index in [-0.39, 0.29) is 31.1 Å². The number of hydrogen-bond acceptors (Lipinski definition) is 6. The molecule has 0 aliphatic carbocycles. The van der Waals surface area contributed by atoms with Gasteiger partial charge >= 0.3 is 0 Å². The molecule has 0 saturated heterocycles. The topological polar surface area (TPSA) is 89.3 Å². The van der Waals surface area contributed by atoms with Crippen LogP contribution in [0.4, 0.5) is 16.4 Å². The number of anilines is 3. The van der Waals surface area contributed by atoms with E-state index in [0.29, 0.717) is 10.6 Å². The summed E-state index contributed by atoms with van der Waals surface area (Å²) >= 11 is 7.00. The minimum atomic E-state index is -4.05. The van der Waals surface area contributed by atoms with E-state index in [1.807, 2.05) is 51.1 Å². The molecule has 1 aromatic heterocycles. The molecule has 0 aliphatic rings. The molecule has 4 rings (SSSR count). The number of carbonyl (C=O) groups excluding carboxylic acids is 1. The second-order valence-electron chi connectivity index (χ2n) is 8.10.